The van der Waals surface area contributed by atoms with Crippen molar-refractivity contribution in [1.82, 2.24) is 14.4 Å². The molecule has 0 unspecified atom stereocenters. The number of hydrogen-bond donors (Lipinski definition) is 0. The molecule has 0 saturated heterocycles. The van der Waals surface area contributed by atoms with E-state index >= 15 is 0 Å². The zero-order valence-electron chi connectivity index (χ0n) is 10.9. The van der Waals surface area contributed by atoms with Crippen LogP contribution in [0, 0.1) is 13.8 Å². The van der Waals surface area contributed by atoms with Gasteiger partial charge >= 0.3 is 5.97 Å². The fourth-order valence-corrected chi connectivity index (χ4v) is 1.82. The van der Waals surface area contributed by atoms with Gasteiger partial charge < -0.3 is 9.47 Å². The minimum atomic E-state index is -0.425. The maximum absolute atomic E-state index is 11.9. The summed E-state index contributed by atoms with van der Waals surface area (Å²) in [5.74, 6) is 0.528. The van der Waals surface area contributed by atoms with Crippen LogP contribution in [0.4, 0.5) is 0 Å². The Kier molecular flexibility index (Phi) is 3.18. The Morgan fingerprint density at radius 1 is 1.39 bits per heavy atom. The highest BCUT2D eigenvalue weighted by Gasteiger charge is 2.21. The number of imidazole rings is 1. The highest BCUT2D eigenvalue weighted by Crippen LogP contribution is 2.20. The van der Waals surface area contributed by atoms with E-state index in [1.165, 1.54) is 0 Å². The van der Waals surface area contributed by atoms with Gasteiger partial charge in [0.1, 0.15) is 0 Å². The van der Waals surface area contributed by atoms with E-state index in [1.54, 1.807) is 31.4 Å². The van der Waals surface area contributed by atoms with Crippen molar-refractivity contribution >= 4 is 11.7 Å². The lowest BCUT2D eigenvalue weighted by Crippen LogP contribution is -2.11. The normalized spacial score (nSPS) is 10.7. The third-order valence-corrected chi connectivity index (χ3v) is 2.54. The average molecular weight is 249 g/mol. The highest BCUT2D eigenvalue weighted by molar-refractivity contribution is 5.90. The summed E-state index contributed by atoms with van der Waals surface area (Å²) >= 11 is 0. The molecule has 6 nitrogen and oxygen atoms in total. The van der Waals surface area contributed by atoms with Crippen molar-refractivity contribution in [2.24, 2.45) is 0 Å². The number of aryl methyl sites for hydroxylation is 2. The van der Waals surface area contributed by atoms with Crippen molar-refractivity contribution in [3.05, 3.63) is 23.1 Å². The van der Waals surface area contributed by atoms with Crippen LogP contribution in [0.5, 0.6) is 5.88 Å². The monoisotopic (exact) mass is 249 g/mol. The fourth-order valence-electron chi connectivity index (χ4n) is 1.82. The third kappa shape index (κ3) is 1.90. The summed E-state index contributed by atoms with van der Waals surface area (Å²) in [6, 6.07) is 1.75. The maximum Gasteiger partial charge on any atom is 0.357 e. The molecule has 96 valence electrons. The van der Waals surface area contributed by atoms with E-state index in [1.807, 2.05) is 6.92 Å². The average Bonchev–Trinajstić information content (AvgIpc) is 2.64. The molecule has 0 N–H and O–H groups in total. The number of fused-ring (bicyclic) bond motifs is 1. The van der Waals surface area contributed by atoms with E-state index in [2.05, 4.69) is 9.97 Å². The van der Waals surface area contributed by atoms with Crippen molar-refractivity contribution in [3.8, 4) is 5.88 Å². The van der Waals surface area contributed by atoms with Gasteiger partial charge in [0.25, 0.3) is 0 Å². The second-order valence-corrected chi connectivity index (χ2v) is 3.84. The smallest absolute Gasteiger partial charge is 0.357 e. The molecule has 2 aromatic heterocycles. The highest BCUT2D eigenvalue weighted by atomic mass is 16.5. The van der Waals surface area contributed by atoms with Gasteiger partial charge in [0, 0.05) is 11.8 Å². The molecule has 2 aromatic rings. The number of hydrogen-bond acceptors (Lipinski definition) is 5. The first-order chi connectivity index (χ1) is 8.58. The summed E-state index contributed by atoms with van der Waals surface area (Å²) in [4.78, 5) is 20.5. The Bertz CT molecular complexity index is 604. The lowest BCUT2D eigenvalue weighted by Gasteiger charge is -2.07. The van der Waals surface area contributed by atoms with Crippen molar-refractivity contribution < 1.29 is 14.3 Å². The van der Waals surface area contributed by atoms with Crippen molar-refractivity contribution in [3.63, 3.8) is 0 Å². The molecule has 0 atom stereocenters. The van der Waals surface area contributed by atoms with Crippen LogP contribution in [0.1, 0.15) is 28.8 Å². The molecule has 6 heteroatoms. The largest absolute Gasteiger partial charge is 0.482 e. The predicted molar refractivity (Wildman–Crippen MR) is 65.0 cm³/mol. The van der Waals surface area contributed by atoms with E-state index in [0.717, 1.165) is 5.69 Å². The number of nitrogens with zero attached hydrogens (tertiary/aromatic N) is 3. The van der Waals surface area contributed by atoms with Crippen LogP contribution in [0.2, 0.25) is 0 Å². The lowest BCUT2D eigenvalue weighted by atomic mass is 10.3. The van der Waals surface area contributed by atoms with E-state index in [0.29, 0.717) is 29.7 Å². The summed E-state index contributed by atoms with van der Waals surface area (Å²) in [6.45, 7) is 5.66. The van der Waals surface area contributed by atoms with Crippen LogP contribution in [0.25, 0.3) is 5.78 Å². The van der Waals surface area contributed by atoms with Crippen LogP contribution in [-0.2, 0) is 4.74 Å². The molecule has 0 aromatic carbocycles. The molecule has 0 spiro atoms. The molecule has 0 aliphatic rings. The lowest BCUT2D eigenvalue weighted by molar-refractivity contribution is 0.0516. The molecule has 0 fully saturated rings. The van der Waals surface area contributed by atoms with Crippen molar-refractivity contribution in [1.29, 1.82) is 0 Å². The van der Waals surface area contributed by atoms with Gasteiger partial charge in [0.15, 0.2) is 5.69 Å². The van der Waals surface area contributed by atoms with Gasteiger partial charge in [-0.1, -0.05) is 0 Å². The van der Waals surface area contributed by atoms with Gasteiger partial charge in [-0.05, 0) is 20.8 Å². The Hall–Kier alpha value is -2.11. The second-order valence-electron chi connectivity index (χ2n) is 3.84. The molecule has 0 saturated carbocycles. The Labute approximate surface area is 105 Å². The van der Waals surface area contributed by atoms with Crippen LogP contribution < -0.4 is 4.74 Å². The van der Waals surface area contributed by atoms with Crippen LogP contribution in [0.3, 0.4) is 0 Å². The Morgan fingerprint density at radius 2 is 2.11 bits per heavy atom. The zero-order valence-corrected chi connectivity index (χ0v) is 10.9. The molecule has 0 aliphatic heterocycles. The first-order valence-electron chi connectivity index (χ1n) is 5.66. The molecule has 2 heterocycles. The summed E-state index contributed by atoms with van der Waals surface area (Å²) in [5.41, 5.74) is 1.71. The number of carbonyl (C=O) groups is 1. The van der Waals surface area contributed by atoms with E-state index in [-0.39, 0.29) is 0 Å². The number of methoxy groups -OCH3 is 1. The molecular weight excluding hydrogens is 234 g/mol. The zero-order chi connectivity index (χ0) is 13.3. The summed E-state index contributed by atoms with van der Waals surface area (Å²) in [5, 5.41) is 0. The van der Waals surface area contributed by atoms with Gasteiger partial charge in [-0.2, -0.15) is 0 Å². The number of esters is 1. The minimum Gasteiger partial charge on any atom is -0.482 e. The summed E-state index contributed by atoms with van der Waals surface area (Å²) < 4.78 is 11.9. The maximum atomic E-state index is 11.9. The Morgan fingerprint density at radius 3 is 2.72 bits per heavy atom. The quantitative estimate of drug-likeness (QED) is 0.772. The van der Waals surface area contributed by atoms with E-state index in [9.17, 15) is 4.79 Å². The van der Waals surface area contributed by atoms with Gasteiger partial charge in [0.05, 0.1) is 19.4 Å². The number of rotatable bonds is 3. The standard InChI is InChI=1S/C12H15N3O3/c1-5-18-11(16)10-8(3)14-12-13-7(2)6-9(17-4)15(10)12/h6H,5H2,1-4H3. The SMILES string of the molecule is CCOC(=O)c1c(C)nc2nc(C)cc(OC)n12. The van der Waals surface area contributed by atoms with Crippen LogP contribution >= 0.6 is 0 Å². The molecule has 18 heavy (non-hydrogen) atoms. The van der Waals surface area contributed by atoms with Crippen molar-refractivity contribution in [2.45, 2.75) is 20.8 Å². The van der Waals surface area contributed by atoms with Gasteiger partial charge in [-0.3, -0.25) is 0 Å². The van der Waals surface area contributed by atoms with Gasteiger partial charge in [-0.25, -0.2) is 19.2 Å². The van der Waals surface area contributed by atoms with Gasteiger partial charge in [-0.15, -0.1) is 0 Å². The van der Waals surface area contributed by atoms with E-state index < -0.39 is 5.97 Å². The molecule has 2 rings (SSSR count). The first kappa shape index (κ1) is 12.3. The molecule has 0 aliphatic carbocycles. The molecular formula is C12H15N3O3. The number of ether oxygens (including phenoxy) is 2. The number of carbonyl (C=O) groups excluding carboxylic acids is 1. The third-order valence-electron chi connectivity index (χ3n) is 2.54. The van der Waals surface area contributed by atoms with Gasteiger partial charge in [0.2, 0.25) is 11.7 Å². The molecule has 0 radical (unpaired) electrons. The minimum absolute atomic E-state index is 0.313. The topological polar surface area (TPSA) is 65.7 Å². The number of aromatic nitrogens is 3. The fraction of sp³-hybridized carbons (Fsp3) is 0.417. The van der Waals surface area contributed by atoms with E-state index in [4.69, 9.17) is 9.47 Å². The Balaban J connectivity index is 2.72. The van der Waals surface area contributed by atoms with Crippen LogP contribution in [-0.4, -0.2) is 34.1 Å². The summed E-state index contributed by atoms with van der Waals surface area (Å²) in [6.07, 6.45) is 0. The predicted octanol–water partition coefficient (Wildman–Crippen LogP) is 1.53. The second kappa shape index (κ2) is 4.64. The van der Waals surface area contributed by atoms with Crippen LogP contribution in [0.15, 0.2) is 6.07 Å². The molecule has 0 amide bonds. The first-order valence-corrected chi connectivity index (χ1v) is 5.66. The molecule has 0 bridgehead atoms. The van der Waals surface area contributed by atoms with Crippen molar-refractivity contribution in [2.75, 3.05) is 13.7 Å². The summed E-state index contributed by atoms with van der Waals surface area (Å²) in [7, 11) is 1.54.